The van der Waals surface area contributed by atoms with Crippen molar-refractivity contribution in [3.05, 3.63) is 29.2 Å². The summed E-state index contributed by atoms with van der Waals surface area (Å²) in [4.78, 5) is 16.0. The Balaban J connectivity index is 1.52. The van der Waals surface area contributed by atoms with Crippen molar-refractivity contribution in [1.29, 1.82) is 0 Å². The van der Waals surface area contributed by atoms with Crippen LogP contribution in [0.5, 0.6) is 0 Å². The van der Waals surface area contributed by atoms with E-state index in [1.165, 1.54) is 15.6 Å². The maximum atomic E-state index is 12.4. The molecule has 3 rings (SSSR count). The minimum absolute atomic E-state index is 0.0621. The highest BCUT2D eigenvalue weighted by Gasteiger charge is 2.33. The minimum Gasteiger partial charge on any atom is -0.455 e. The van der Waals surface area contributed by atoms with Gasteiger partial charge < -0.3 is 9.26 Å². The highest BCUT2D eigenvalue weighted by Crippen LogP contribution is 2.26. The molecule has 0 aromatic carbocycles. The maximum absolute atomic E-state index is 12.4. The van der Waals surface area contributed by atoms with Crippen molar-refractivity contribution in [1.82, 2.24) is 14.4 Å². The first-order valence-corrected chi connectivity index (χ1v) is 9.78. The molecule has 0 unspecified atom stereocenters. The highest BCUT2D eigenvalue weighted by atomic mass is 32.2. The molecule has 0 aliphatic carbocycles. The molecule has 0 N–H and O–H groups in total. The monoisotopic (exact) mass is 371 g/mol. The van der Waals surface area contributed by atoms with Crippen LogP contribution >= 0.6 is 11.3 Å². The number of aromatic nitrogens is 2. The number of hydrogen-bond donors (Lipinski definition) is 0. The fourth-order valence-corrected chi connectivity index (χ4v) is 5.13. The normalized spacial score (nSPS) is 17.0. The lowest BCUT2D eigenvalue weighted by Gasteiger charge is -2.29. The van der Waals surface area contributed by atoms with Crippen LogP contribution in [-0.4, -0.2) is 41.9 Å². The second kappa shape index (κ2) is 6.99. The Morgan fingerprint density at radius 2 is 2.21 bits per heavy atom. The molecule has 1 aliphatic heterocycles. The molecule has 10 heteroatoms. The van der Waals surface area contributed by atoms with Gasteiger partial charge in [-0.2, -0.15) is 9.29 Å². The van der Waals surface area contributed by atoms with E-state index in [2.05, 4.69) is 10.1 Å². The Morgan fingerprint density at radius 3 is 2.79 bits per heavy atom. The molecule has 1 saturated heterocycles. The lowest BCUT2D eigenvalue weighted by Crippen LogP contribution is -2.40. The summed E-state index contributed by atoms with van der Waals surface area (Å²) in [6.45, 7) is 2.23. The SMILES string of the molecule is Cc1noc(COC(=O)C2CCN(S(=O)(=O)c3cccs3)CC2)n1. The van der Waals surface area contributed by atoms with Gasteiger partial charge in [0.25, 0.3) is 15.9 Å². The van der Waals surface area contributed by atoms with Gasteiger partial charge in [0.15, 0.2) is 12.4 Å². The van der Waals surface area contributed by atoms with Gasteiger partial charge in [0.05, 0.1) is 5.92 Å². The second-order valence-corrected chi connectivity index (χ2v) is 8.57. The number of rotatable bonds is 5. The van der Waals surface area contributed by atoms with E-state index in [1.54, 1.807) is 24.4 Å². The Labute approximate surface area is 143 Å². The molecule has 0 amide bonds. The Bertz CT molecular complexity index is 792. The van der Waals surface area contributed by atoms with Crippen LogP contribution in [0.2, 0.25) is 0 Å². The number of carbonyl (C=O) groups is 1. The summed E-state index contributed by atoms with van der Waals surface area (Å²) in [6.07, 6.45) is 0.874. The number of thiophene rings is 1. The fraction of sp³-hybridized carbons (Fsp3) is 0.500. The number of esters is 1. The standard InChI is InChI=1S/C14H17N3O5S2/c1-10-15-12(22-16-10)9-21-14(18)11-4-6-17(7-5-11)24(19,20)13-3-2-8-23-13/h2-3,8,11H,4-7,9H2,1H3. The molecule has 0 spiro atoms. The van der Waals surface area contributed by atoms with Gasteiger partial charge >= 0.3 is 5.97 Å². The first-order chi connectivity index (χ1) is 11.5. The predicted octanol–water partition coefficient (Wildman–Crippen LogP) is 1.58. The largest absolute Gasteiger partial charge is 0.455 e. The average molecular weight is 371 g/mol. The number of carbonyl (C=O) groups excluding carboxylic acids is 1. The molecule has 3 heterocycles. The summed E-state index contributed by atoms with van der Waals surface area (Å²) < 4.78 is 36.7. The molecule has 0 saturated carbocycles. The number of piperidine rings is 1. The van der Waals surface area contributed by atoms with Crippen molar-refractivity contribution >= 4 is 27.3 Å². The third kappa shape index (κ3) is 3.65. The van der Waals surface area contributed by atoms with Gasteiger partial charge in [-0.25, -0.2) is 8.42 Å². The topological polar surface area (TPSA) is 103 Å². The molecule has 1 aliphatic rings. The smallest absolute Gasteiger partial charge is 0.309 e. The number of nitrogens with zero attached hydrogens (tertiary/aromatic N) is 3. The minimum atomic E-state index is -3.45. The summed E-state index contributed by atoms with van der Waals surface area (Å²) in [5, 5.41) is 5.35. The molecule has 2 aromatic heterocycles. The van der Waals surface area contributed by atoms with Crippen molar-refractivity contribution in [2.45, 2.75) is 30.6 Å². The summed E-state index contributed by atoms with van der Waals surface area (Å²) in [5.74, 6) is 0.0505. The van der Waals surface area contributed by atoms with E-state index >= 15 is 0 Å². The van der Waals surface area contributed by atoms with Gasteiger partial charge in [0.2, 0.25) is 0 Å². The van der Waals surface area contributed by atoms with Crippen LogP contribution in [0.25, 0.3) is 0 Å². The highest BCUT2D eigenvalue weighted by molar-refractivity contribution is 7.91. The summed E-state index contributed by atoms with van der Waals surface area (Å²) >= 11 is 1.19. The van der Waals surface area contributed by atoms with Crippen molar-refractivity contribution in [2.24, 2.45) is 5.92 Å². The Hall–Kier alpha value is -1.78. The molecule has 0 radical (unpaired) electrons. The van der Waals surface area contributed by atoms with E-state index in [4.69, 9.17) is 9.26 Å². The molecular formula is C14H17N3O5S2. The van der Waals surface area contributed by atoms with Crippen LogP contribution in [0, 0.1) is 12.8 Å². The summed E-state index contributed by atoms with van der Waals surface area (Å²) in [5.41, 5.74) is 0. The van der Waals surface area contributed by atoms with Crippen LogP contribution in [0.1, 0.15) is 24.6 Å². The predicted molar refractivity (Wildman–Crippen MR) is 84.6 cm³/mol. The average Bonchev–Trinajstić information content (AvgIpc) is 3.24. The third-order valence-electron chi connectivity index (χ3n) is 3.78. The molecule has 130 valence electrons. The van der Waals surface area contributed by atoms with Crippen molar-refractivity contribution < 1.29 is 22.5 Å². The first kappa shape index (κ1) is 17.1. The zero-order valence-corrected chi connectivity index (χ0v) is 14.7. The lowest BCUT2D eigenvalue weighted by atomic mass is 9.98. The Kier molecular flexibility index (Phi) is 4.97. The quantitative estimate of drug-likeness (QED) is 0.735. The molecule has 8 nitrogen and oxygen atoms in total. The van der Waals surface area contributed by atoms with Crippen LogP contribution in [0.4, 0.5) is 0 Å². The van der Waals surface area contributed by atoms with E-state index in [1.807, 2.05) is 0 Å². The van der Waals surface area contributed by atoms with Gasteiger partial charge in [-0.15, -0.1) is 11.3 Å². The van der Waals surface area contributed by atoms with Crippen LogP contribution in [0.15, 0.2) is 26.2 Å². The van der Waals surface area contributed by atoms with Gasteiger partial charge in [-0.05, 0) is 31.2 Å². The zero-order valence-electron chi connectivity index (χ0n) is 13.0. The molecule has 0 bridgehead atoms. The van der Waals surface area contributed by atoms with Crippen LogP contribution in [0.3, 0.4) is 0 Å². The zero-order chi connectivity index (χ0) is 17.2. The summed E-state index contributed by atoms with van der Waals surface area (Å²) in [6, 6.07) is 3.30. The van der Waals surface area contributed by atoms with E-state index < -0.39 is 10.0 Å². The van der Waals surface area contributed by atoms with Gasteiger partial charge in [-0.3, -0.25) is 4.79 Å². The maximum Gasteiger partial charge on any atom is 0.309 e. The van der Waals surface area contributed by atoms with E-state index in [9.17, 15) is 13.2 Å². The van der Waals surface area contributed by atoms with Crippen molar-refractivity contribution in [3.8, 4) is 0 Å². The summed E-state index contributed by atoms with van der Waals surface area (Å²) in [7, 11) is -3.45. The molecular weight excluding hydrogens is 354 g/mol. The van der Waals surface area contributed by atoms with E-state index in [0.717, 1.165) is 0 Å². The van der Waals surface area contributed by atoms with E-state index in [0.29, 0.717) is 36.0 Å². The number of ether oxygens (including phenoxy) is 1. The van der Waals surface area contributed by atoms with Crippen LogP contribution in [-0.2, 0) is 26.2 Å². The number of hydrogen-bond acceptors (Lipinski definition) is 8. The van der Waals surface area contributed by atoms with Crippen LogP contribution < -0.4 is 0 Å². The first-order valence-electron chi connectivity index (χ1n) is 7.46. The lowest BCUT2D eigenvalue weighted by molar-refractivity contribution is -0.152. The molecule has 24 heavy (non-hydrogen) atoms. The van der Waals surface area contributed by atoms with Gasteiger partial charge in [0, 0.05) is 13.1 Å². The fourth-order valence-electron chi connectivity index (χ4n) is 2.52. The molecule has 2 aromatic rings. The van der Waals surface area contributed by atoms with Crippen molar-refractivity contribution in [2.75, 3.05) is 13.1 Å². The molecule has 1 fully saturated rings. The molecule has 0 atom stereocenters. The Morgan fingerprint density at radius 1 is 1.46 bits per heavy atom. The van der Waals surface area contributed by atoms with E-state index in [-0.39, 0.29) is 24.4 Å². The van der Waals surface area contributed by atoms with Gasteiger partial charge in [0.1, 0.15) is 4.21 Å². The van der Waals surface area contributed by atoms with Crippen molar-refractivity contribution in [3.63, 3.8) is 0 Å². The number of aryl methyl sites for hydroxylation is 1. The third-order valence-corrected chi connectivity index (χ3v) is 7.06. The van der Waals surface area contributed by atoms with Gasteiger partial charge in [-0.1, -0.05) is 11.2 Å². The second-order valence-electron chi connectivity index (χ2n) is 5.45. The number of sulfonamides is 1.